The Morgan fingerprint density at radius 3 is 2.32 bits per heavy atom. The minimum Gasteiger partial charge on any atom is -0.370 e. The van der Waals surface area contributed by atoms with Gasteiger partial charge in [-0.3, -0.25) is 10.2 Å². The summed E-state index contributed by atoms with van der Waals surface area (Å²) >= 11 is 12.2. The van der Waals surface area contributed by atoms with E-state index in [0.717, 1.165) is 44.5 Å². The van der Waals surface area contributed by atoms with E-state index >= 15 is 0 Å². The van der Waals surface area contributed by atoms with Crippen LogP contribution in [0.1, 0.15) is 48.2 Å². The fourth-order valence-electron chi connectivity index (χ4n) is 4.30. The van der Waals surface area contributed by atoms with Crippen molar-refractivity contribution in [3.63, 3.8) is 0 Å². The van der Waals surface area contributed by atoms with Crippen molar-refractivity contribution in [1.82, 2.24) is 15.5 Å². The maximum Gasteiger partial charge on any atom is 0.251 e. The average Bonchev–Trinajstić information content (AvgIpc) is 2.81. The van der Waals surface area contributed by atoms with Gasteiger partial charge in [-0.15, -0.1) is 0 Å². The minimum absolute atomic E-state index is 0.0562. The van der Waals surface area contributed by atoms with Crippen molar-refractivity contribution in [3.8, 4) is 0 Å². The van der Waals surface area contributed by atoms with E-state index in [1.807, 2.05) is 36.4 Å². The molecule has 1 saturated heterocycles. The number of nitrogens with one attached hydrogen (secondary N) is 3. The lowest BCUT2D eigenvalue weighted by Gasteiger charge is -2.35. The van der Waals surface area contributed by atoms with Crippen LogP contribution in [0, 0.1) is 17.2 Å². The highest BCUT2D eigenvalue weighted by atomic mass is 35.5. The Morgan fingerprint density at radius 2 is 1.74 bits per heavy atom. The zero-order valence-corrected chi connectivity index (χ0v) is 21.4. The molecule has 0 radical (unpaired) electrons. The van der Waals surface area contributed by atoms with Gasteiger partial charge < -0.3 is 21.3 Å². The van der Waals surface area contributed by atoms with Gasteiger partial charge in [0.2, 0.25) is 0 Å². The van der Waals surface area contributed by atoms with E-state index in [9.17, 15) is 4.79 Å². The lowest BCUT2D eigenvalue weighted by molar-refractivity contribution is 0.0893. The number of guanidine groups is 1. The molecule has 0 aromatic heterocycles. The molecular weight excluding hydrogens is 469 g/mol. The largest absolute Gasteiger partial charge is 0.370 e. The Kier molecular flexibility index (Phi) is 9.63. The molecule has 0 saturated carbocycles. The maximum absolute atomic E-state index is 12.9. The van der Waals surface area contributed by atoms with Gasteiger partial charge in [0, 0.05) is 24.7 Å². The summed E-state index contributed by atoms with van der Waals surface area (Å²) in [6, 6.07) is 13.4. The standard InChI is InChI=1S/C26H35Cl2N5O/c1-17(2)24(32-25(34)21-6-3-19(4-7-21)15-31-26(29)30)16-33-11-9-18(10-12-33)13-20-5-8-22(27)23(28)14-20/h3-8,14,17-18,24H,9-13,15-16H2,1-2H3,(H,32,34)(H4,29,30,31). The molecule has 6 nitrogen and oxygen atoms in total. The van der Waals surface area contributed by atoms with Crippen LogP contribution in [-0.4, -0.2) is 42.4 Å². The third-order valence-corrected chi connectivity index (χ3v) is 7.23. The number of likely N-dealkylation sites (tertiary alicyclic amines) is 1. The molecule has 0 bridgehead atoms. The molecule has 1 amide bonds. The van der Waals surface area contributed by atoms with Gasteiger partial charge in [0.1, 0.15) is 0 Å². The van der Waals surface area contributed by atoms with Crippen LogP contribution >= 0.6 is 23.2 Å². The Morgan fingerprint density at radius 1 is 1.09 bits per heavy atom. The van der Waals surface area contributed by atoms with E-state index in [2.05, 4.69) is 35.4 Å². The Labute approximate surface area is 212 Å². The van der Waals surface area contributed by atoms with Crippen LogP contribution in [0.15, 0.2) is 42.5 Å². The predicted molar refractivity (Wildman–Crippen MR) is 141 cm³/mol. The molecule has 1 aliphatic rings. The van der Waals surface area contributed by atoms with Crippen molar-refractivity contribution in [2.45, 2.75) is 45.7 Å². The highest BCUT2D eigenvalue weighted by Crippen LogP contribution is 2.27. The van der Waals surface area contributed by atoms with Gasteiger partial charge in [0.05, 0.1) is 10.0 Å². The van der Waals surface area contributed by atoms with Crippen LogP contribution in [0.5, 0.6) is 0 Å². The van der Waals surface area contributed by atoms with Gasteiger partial charge in [-0.1, -0.05) is 55.2 Å². The van der Waals surface area contributed by atoms with Crippen molar-refractivity contribution in [3.05, 3.63) is 69.2 Å². The van der Waals surface area contributed by atoms with Crippen molar-refractivity contribution in [2.24, 2.45) is 17.6 Å². The summed E-state index contributed by atoms with van der Waals surface area (Å²) in [5.41, 5.74) is 8.17. The molecule has 1 unspecified atom stereocenters. The molecule has 5 N–H and O–H groups in total. The molecule has 8 heteroatoms. The first-order valence-electron chi connectivity index (χ1n) is 11.8. The number of nitrogens with two attached hydrogens (primary N) is 1. The van der Waals surface area contributed by atoms with E-state index in [-0.39, 0.29) is 17.9 Å². The maximum atomic E-state index is 12.9. The number of piperidine rings is 1. The van der Waals surface area contributed by atoms with Gasteiger partial charge in [0.25, 0.3) is 5.91 Å². The molecule has 1 fully saturated rings. The van der Waals surface area contributed by atoms with E-state index in [0.29, 0.717) is 34.0 Å². The monoisotopic (exact) mass is 503 g/mol. The lowest BCUT2D eigenvalue weighted by atomic mass is 9.89. The van der Waals surface area contributed by atoms with Crippen LogP contribution in [0.4, 0.5) is 0 Å². The molecule has 2 aromatic rings. The number of halogens is 2. The number of carbonyl (C=O) groups excluding carboxylic acids is 1. The van der Waals surface area contributed by atoms with Crippen LogP contribution in [0.3, 0.4) is 0 Å². The van der Waals surface area contributed by atoms with Crippen molar-refractivity contribution in [2.75, 3.05) is 19.6 Å². The fourth-order valence-corrected chi connectivity index (χ4v) is 4.62. The zero-order chi connectivity index (χ0) is 24.7. The topological polar surface area (TPSA) is 94.2 Å². The second-order valence-electron chi connectivity index (χ2n) is 9.48. The van der Waals surface area contributed by atoms with Crippen molar-refractivity contribution in [1.29, 1.82) is 5.41 Å². The molecular formula is C26H35Cl2N5O. The molecule has 3 rings (SSSR count). The molecule has 1 heterocycles. The number of nitrogens with zero attached hydrogens (tertiary/aromatic N) is 1. The van der Waals surface area contributed by atoms with Gasteiger partial charge in [-0.25, -0.2) is 0 Å². The quantitative estimate of drug-likeness (QED) is 0.295. The van der Waals surface area contributed by atoms with Crippen molar-refractivity contribution < 1.29 is 4.79 Å². The second-order valence-corrected chi connectivity index (χ2v) is 10.3. The number of hydrogen-bond donors (Lipinski definition) is 4. The van der Waals surface area contributed by atoms with Gasteiger partial charge >= 0.3 is 0 Å². The molecule has 0 spiro atoms. The zero-order valence-electron chi connectivity index (χ0n) is 19.9. The first-order valence-corrected chi connectivity index (χ1v) is 12.6. The number of hydrogen-bond acceptors (Lipinski definition) is 3. The first-order chi connectivity index (χ1) is 16.2. The van der Waals surface area contributed by atoms with Crippen LogP contribution < -0.4 is 16.4 Å². The number of benzene rings is 2. The van der Waals surface area contributed by atoms with Crippen molar-refractivity contribution >= 4 is 35.1 Å². The Balaban J connectivity index is 1.49. The van der Waals surface area contributed by atoms with Gasteiger partial charge in [0.15, 0.2) is 5.96 Å². The van der Waals surface area contributed by atoms with Crippen LogP contribution in [0.2, 0.25) is 10.0 Å². The molecule has 184 valence electrons. The Bertz CT molecular complexity index is 972. The number of rotatable bonds is 9. The number of amides is 1. The summed E-state index contributed by atoms with van der Waals surface area (Å²) in [4.78, 5) is 15.3. The summed E-state index contributed by atoms with van der Waals surface area (Å²) in [5, 5.41) is 14.5. The minimum atomic E-state index is -0.0694. The van der Waals surface area contributed by atoms with Gasteiger partial charge in [-0.05, 0) is 79.6 Å². The van der Waals surface area contributed by atoms with E-state index in [1.165, 1.54) is 5.56 Å². The second kappa shape index (κ2) is 12.4. The first kappa shape index (κ1) is 26.3. The third-order valence-electron chi connectivity index (χ3n) is 6.49. The highest BCUT2D eigenvalue weighted by Gasteiger charge is 2.25. The summed E-state index contributed by atoms with van der Waals surface area (Å²) in [7, 11) is 0. The van der Waals surface area contributed by atoms with E-state index < -0.39 is 0 Å². The Hall–Kier alpha value is -2.28. The molecule has 1 aliphatic heterocycles. The molecule has 1 atom stereocenters. The summed E-state index contributed by atoms with van der Waals surface area (Å²) < 4.78 is 0. The van der Waals surface area contributed by atoms with Crippen LogP contribution in [0.25, 0.3) is 0 Å². The predicted octanol–water partition coefficient (Wildman–Crippen LogP) is 4.69. The van der Waals surface area contributed by atoms with E-state index in [1.54, 1.807) is 0 Å². The average molecular weight is 505 g/mol. The smallest absolute Gasteiger partial charge is 0.251 e. The third kappa shape index (κ3) is 7.90. The SMILES string of the molecule is CC(C)C(CN1CCC(Cc2ccc(Cl)c(Cl)c2)CC1)NC(=O)c1ccc(CNC(=N)N)cc1. The molecule has 34 heavy (non-hydrogen) atoms. The molecule has 2 aromatic carbocycles. The number of carbonyl (C=O) groups is 1. The molecule has 0 aliphatic carbocycles. The van der Waals surface area contributed by atoms with E-state index in [4.69, 9.17) is 34.3 Å². The van der Waals surface area contributed by atoms with Gasteiger partial charge in [-0.2, -0.15) is 0 Å². The summed E-state index contributed by atoms with van der Waals surface area (Å²) in [5.74, 6) is 0.841. The normalized spacial score (nSPS) is 15.8. The highest BCUT2D eigenvalue weighted by molar-refractivity contribution is 6.42. The van der Waals surface area contributed by atoms with Crippen LogP contribution in [-0.2, 0) is 13.0 Å². The lowest BCUT2D eigenvalue weighted by Crippen LogP contribution is -2.48. The summed E-state index contributed by atoms with van der Waals surface area (Å²) in [6.07, 6.45) is 3.29. The summed E-state index contributed by atoms with van der Waals surface area (Å²) in [6.45, 7) is 7.68. The fraction of sp³-hybridized carbons (Fsp3) is 0.462.